The number of primary sulfonamides is 1. The van der Waals surface area contributed by atoms with Crippen molar-refractivity contribution in [2.45, 2.75) is 13.3 Å². The van der Waals surface area contributed by atoms with Gasteiger partial charge in [0.15, 0.2) is 4.21 Å². The van der Waals surface area contributed by atoms with Gasteiger partial charge in [0.2, 0.25) is 19.9 Å². The fraction of sp³-hybridized carbons (Fsp3) is 0. The molecule has 9 heteroatoms. The summed E-state index contributed by atoms with van der Waals surface area (Å²) in [6.45, 7) is 0. The van der Waals surface area contributed by atoms with Crippen molar-refractivity contribution in [2.75, 3.05) is 0 Å². The molecule has 0 aliphatic carbocycles. The van der Waals surface area contributed by atoms with Gasteiger partial charge in [0.25, 0.3) is 0 Å². The Kier molecular flexibility index (Phi) is 3.12. The largest absolute Gasteiger partial charge is 0.248 e. The van der Waals surface area contributed by atoms with E-state index < -0.39 is 19.9 Å². The molecular formula is C8H7NO4S4. The zero-order valence-corrected chi connectivity index (χ0v) is 11.5. The number of hydrogen-bond acceptors (Lipinski definition) is 6. The standard InChI is InChI=1S/C8H7NO4S4/c9-17(12,13)8-6(3-5-15-8)16(10,11)7-2-1-4-14-7/h1-5H,(H2,9,12,13). The first kappa shape index (κ1) is 12.7. The lowest BCUT2D eigenvalue weighted by atomic mass is 10.7. The van der Waals surface area contributed by atoms with Gasteiger partial charge in [-0.3, -0.25) is 0 Å². The summed E-state index contributed by atoms with van der Waals surface area (Å²) in [5, 5.41) is 7.97. The van der Waals surface area contributed by atoms with Crippen LogP contribution in [-0.4, -0.2) is 16.8 Å². The van der Waals surface area contributed by atoms with E-state index in [-0.39, 0.29) is 13.3 Å². The van der Waals surface area contributed by atoms with Crippen molar-refractivity contribution in [1.29, 1.82) is 0 Å². The van der Waals surface area contributed by atoms with Gasteiger partial charge in [-0.25, -0.2) is 22.0 Å². The normalized spacial score (nSPS) is 12.8. The zero-order chi connectivity index (χ0) is 12.7. The number of nitrogens with two attached hydrogens (primary N) is 1. The van der Waals surface area contributed by atoms with Crippen molar-refractivity contribution in [3.05, 3.63) is 29.0 Å². The van der Waals surface area contributed by atoms with Gasteiger partial charge in [-0.05, 0) is 22.9 Å². The third kappa shape index (κ3) is 2.29. The van der Waals surface area contributed by atoms with Gasteiger partial charge in [0, 0.05) is 0 Å². The van der Waals surface area contributed by atoms with Gasteiger partial charge in [-0.1, -0.05) is 6.07 Å². The first-order valence-corrected chi connectivity index (χ1v) is 9.01. The second-order valence-corrected chi connectivity index (χ2v) is 8.82. The van der Waals surface area contributed by atoms with Crippen LogP contribution in [0, 0.1) is 0 Å². The molecule has 0 aromatic carbocycles. The summed E-state index contributed by atoms with van der Waals surface area (Å²) >= 11 is 1.82. The van der Waals surface area contributed by atoms with Crippen LogP contribution in [0.25, 0.3) is 0 Å². The molecule has 0 fully saturated rings. The molecule has 2 heterocycles. The Bertz CT molecular complexity index is 724. The highest BCUT2D eigenvalue weighted by molar-refractivity contribution is 7.96. The smallest absolute Gasteiger partial charge is 0.224 e. The molecule has 0 bridgehead atoms. The maximum Gasteiger partial charge on any atom is 0.248 e. The van der Waals surface area contributed by atoms with Gasteiger partial charge < -0.3 is 0 Å². The number of sulfone groups is 1. The van der Waals surface area contributed by atoms with Crippen molar-refractivity contribution in [1.82, 2.24) is 0 Å². The summed E-state index contributed by atoms with van der Waals surface area (Å²) in [6, 6.07) is 4.25. The Hall–Kier alpha value is -0.740. The predicted octanol–water partition coefficient (Wildman–Crippen LogP) is 1.29. The van der Waals surface area contributed by atoms with E-state index in [4.69, 9.17) is 5.14 Å². The minimum Gasteiger partial charge on any atom is -0.224 e. The molecular weight excluding hydrogens is 302 g/mol. The second kappa shape index (κ2) is 4.18. The Balaban J connectivity index is 2.69. The quantitative estimate of drug-likeness (QED) is 0.924. The first-order valence-electron chi connectivity index (χ1n) is 4.22. The van der Waals surface area contributed by atoms with Gasteiger partial charge in [0.05, 0.1) is 0 Å². The number of hydrogen-bond donors (Lipinski definition) is 1. The van der Waals surface area contributed by atoms with E-state index in [1.165, 1.54) is 17.5 Å². The van der Waals surface area contributed by atoms with Gasteiger partial charge in [-0.2, -0.15) is 0 Å². The molecule has 0 radical (unpaired) electrons. The summed E-state index contributed by atoms with van der Waals surface area (Å²) < 4.78 is 46.5. The predicted molar refractivity (Wildman–Crippen MR) is 65.5 cm³/mol. The maximum atomic E-state index is 12.1. The van der Waals surface area contributed by atoms with Crippen LogP contribution in [0.2, 0.25) is 0 Å². The van der Waals surface area contributed by atoms with Crippen molar-refractivity contribution in [3.63, 3.8) is 0 Å². The van der Waals surface area contributed by atoms with E-state index in [0.717, 1.165) is 22.7 Å². The van der Waals surface area contributed by atoms with E-state index in [1.807, 2.05) is 0 Å². The maximum absolute atomic E-state index is 12.1. The molecule has 5 nitrogen and oxygen atoms in total. The number of thiophene rings is 2. The average Bonchev–Trinajstić information content (AvgIpc) is 2.89. The Morgan fingerprint density at radius 1 is 1.00 bits per heavy atom. The van der Waals surface area contributed by atoms with Crippen molar-refractivity contribution in [2.24, 2.45) is 5.14 Å². The summed E-state index contributed by atoms with van der Waals surface area (Å²) in [4.78, 5) is -0.257. The molecule has 17 heavy (non-hydrogen) atoms. The van der Waals surface area contributed by atoms with Crippen molar-refractivity contribution < 1.29 is 16.8 Å². The Morgan fingerprint density at radius 3 is 2.24 bits per heavy atom. The van der Waals surface area contributed by atoms with Gasteiger partial charge in [-0.15, -0.1) is 22.7 Å². The third-order valence-electron chi connectivity index (χ3n) is 1.90. The fourth-order valence-corrected chi connectivity index (χ4v) is 6.35. The van der Waals surface area contributed by atoms with Crippen LogP contribution >= 0.6 is 22.7 Å². The first-order chi connectivity index (χ1) is 7.83. The molecule has 0 saturated heterocycles. The minimum atomic E-state index is -4.02. The lowest BCUT2D eigenvalue weighted by Crippen LogP contribution is -2.14. The number of rotatable bonds is 3. The second-order valence-electron chi connectivity index (χ2n) is 3.05. The monoisotopic (exact) mass is 309 g/mol. The van der Waals surface area contributed by atoms with E-state index in [1.54, 1.807) is 11.4 Å². The lowest BCUT2D eigenvalue weighted by Gasteiger charge is -2.01. The van der Waals surface area contributed by atoms with Crippen LogP contribution in [-0.2, 0) is 19.9 Å². The Labute approximate surface area is 106 Å². The van der Waals surface area contributed by atoms with Crippen LogP contribution in [0.3, 0.4) is 0 Å². The zero-order valence-electron chi connectivity index (χ0n) is 8.23. The summed E-state index contributed by atoms with van der Waals surface area (Å²) in [5.74, 6) is 0. The molecule has 0 aliphatic rings. The van der Waals surface area contributed by atoms with Crippen molar-refractivity contribution in [3.8, 4) is 0 Å². The fourth-order valence-electron chi connectivity index (χ4n) is 1.22. The molecule has 92 valence electrons. The molecule has 0 unspecified atom stereocenters. The van der Waals surface area contributed by atoms with E-state index in [9.17, 15) is 16.8 Å². The molecule has 0 aliphatic heterocycles. The topological polar surface area (TPSA) is 94.3 Å². The van der Waals surface area contributed by atoms with Crippen LogP contribution in [0.1, 0.15) is 0 Å². The average molecular weight is 309 g/mol. The highest BCUT2D eigenvalue weighted by Gasteiger charge is 2.28. The van der Waals surface area contributed by atoms with Crippen molar-refractivity contribution >= 4 is 42.5 Å². The molecule has 0 amide bonds. The SMILES string of the molecule is NS(=O)(=O)c1sccc1S(=O)(=O)c1cccs1. The van der Waals surface area contributed by atoms with Gasteiger partial charge >= 0.3 is 0 Å². The molecule has 2 N–H and O–H groups in total. The molecule has 0 saturated carbocycles. The molecule has 2 aromatic heterocycles. The summed E-state index contributed by atoms with van der Waals surface area (Å²) in [5.41, 5.74) is 0. The minimum absolute atomic E-state index is 0.0980. The molecule has 0 atom stereocenters. The van der Waals surface area contributed by atoms with E-state index in [0.29, 0.717) is 0 Å². The molecule has 2 aromatic rings. The number of sulfonamides is 1. The Morgan fingerprint density at radius 2 is 1.71 bits per heavy atom. The van der Waals surface area contributed by atoms with Crippen LogP contribution in [0.5, 0.6) is 0 Å². The van der Waals surface area contributed by atoms with Crippen LogP contribution in [0.4, 0.5) is 0 Å². The van der Waals surface area contributed by atoms with E-state index >= 15 is 0 Å². The van der Waals surface area contributed by atoms with E-state index in [2.05, 4.69) is 0 Å². The highest BCUT2D eigenvalue weighted by Crippen LogP contribution is 2.32. The third-order valence-corrected chi connectivity index (χ3v) is 7.78. The highest BCUT2D eigenvalue weighted by atomic mass is 32.3. The molecule has 2 rings (SSSR count). The lowest BCUT2D eigenvalue weighted by molar-refractivity contribution is 0.587. The van der Waals surface area contributed by atoms with Crippen LogP contribution < -0.4 is 5.14 Å². The summed E-state index contributed by atoms with van der Waals surface area (Å²) in [7, 11) is -7.82. The summed E-state index contributed by atoms with van der Waals surface area (Å²) in [6.07, 6.45) is 0. The van der Waals surface area contributed by atoms with Gasteiger partial charge in [0.1, 0.15) is 9.10 Å². The van der Waals surface area contributed by atoms with Crippen LogP contribution in [0.15, 0.2) is 42.3 Å². The molecule has 0 spiro atoms.